The van der Waals surface area contributed by atoms with E-state index in [4.69, 9.17) is 0 Å². The summed E-state index contributed by atoms with van der Waals surface area (Å²) in [5, 5.41) is 17.5. The Morgan fingerprint density at radius 1 is 1.33 bits per heavy atom. The van der Waals surface area contributed by atoms with Crippen LogP contribution in [-0.2, 0) is 7.05 Å². The van der Waals surface area contributed by atoms with Crippen LogP contribution in [-0.4, -0.2) is 30.6 Å². The van der Waals surface area contributed by atoms with Crippen LogP contribution >= 0.6 is 0 Å². The Morgan fingerprint density at radius 2 is 2.14 bits per heavy atom. The Labute approximate surface area is 119 Å². The van der Waals surface area contributed by atoms with Crippen molar-refractivity contribution in [3.05, 3.63) is 54.2 Å². The molecule has 0 spiro atoms. The molecule has 2 heterocycles. The molecular formula is C14H11FN4O2. The summed E-state index contributed by atoms with van der Waals surface area (Å²) in [6.45, 7) is 0. The van der Waals surface area contributed by atoms with Crippen LogP contribution in [0.5, 0.6) is 0 Å². The molecule has 0 saturated carbocycles. The number of aryl methyl sites for hydroxylation is 1. The average Bonchev–Trinajstić information content (AvgIpc) is 3.04. The number of hydrogen-bond acceptors (Lipinski definition) is 3. The van der Waals surface area contributed by atoms with Gasteiger partial charge in [-0.3, -0.25) is 4.68 Å². The minimum atomic E-state index is -1.10. The molecule has 0 bridgehead atoms. The summed E-state index contributed by atoms with van der Waals surface area (Å²) in [6.07, 6.45) is 4.56. The van der Waals surface area contributed by atoms with Crippen molar-refractivity contribution in [3.63, 3.8) is 0 Å². The number of carbonyl (C=O) groups is 1. The number of hydrogen-bond donors (Lipinski definition) is 1. The molecule has 2 aromatic heterocycles. The minimum Gasteiger partial charge on any atom is -0.478 e. The van der Waals surface area contributed by atoms with Crippen LogP contribution in [0.3, 0.4) is 0 Å². The van der Waals surface area contributed by atoms with Gasteiger partial charge in [0.25, 0.3) is 0 Å². The number of rotatable bonds is 3. The molecule has 0 radical (unpaired) electrons. The van der Waals surface area contributed by atoms with Gasteiger partial charge in [-0.15, -0.1) is 0 Å². The summed E-state index contributed by atoms with van der Waals surface area (Å²) in [5.41, 5.74) is 1.37. The Balaban J connectivity index is 2.15. The van der Waals surface area contributed by atoms with E-state index in [-0.39, 0.29) is 5.56 Å². The zero-order chi connectivity index (χ0) is 15.0. The second-order valence-electron chi connectivity index (χ2n) is 4.52. The lowest BCUT2D eigenvalue weighted by atomic mass is 10.1. The van der Waals surface area contributed by atoms with E-state index in [1.165, 1.54) is 35.3 Å². The van der Waals surface area contributed by atoms with Crippen molar-refractivity contribution in [2.24, 2.45) is 7.05 Å². The highest BCUT2D eigenvalue weighted by Crippen LogP contribution is 2.23. The number of carboxylic acids is 1. The van der Waals surface area contributed by atoms with Crippen molar-refractivity contribution < 1.29 is 14.3 Å². The molecule has 0 aliphatic rings. The summed E-state index contributed by atoms with van der Waals surface area (Å²) >= 11 is 0. The standard InChI is InChI=1S/C14H11FN4O2/c1-18-7-9(6-16-18)13-12(14(20)21)8-19(17-13)11-4-2-3-10(15)5-11/h2-8H,1H3,(H,20,21). The second kappa shape index (κ2) is 4.86. The Bertz CT molecular complexity index is 822. The molecule has 21 heavy (non-hydrogen) atoms. The molecule has 3 rings (SSSR count). The number of aromatic carboxylic acids is 1. The maximum absolute atomic E-state index is 13.3. The molecule has 0 amide bonds. The van der Waals surface area contributed by atoms with Gasteiger partial charge in [-0.1, -0.05) is 6.07 Å². The fourth-order valence-corrected chi connectivity index (χ4v) is 2.04. The van der Waals surface area contributed by atoms with Crippen LogP contribution in [0.1, 0.15) is 10.4 Å². The Hall–Kier alpha value is -2.96. The minimum absolute atomic E-state index is 0.0345. The van der Waals surface area contributed by atoms with E-state index in [2.05, 4.69) is 10.2 Å². The van der Waals surface area contributed by atoms with Crippen LogP contribution in [0.15, 0.2) is 42.9 Å². The lowest BCUT2D eigenvalue weighted by Gasteiger charge is -2.00. The molecule has 0 aliphatic carbocycles. The second-order valence-corrected chi connectivity index (χ2v) is 4.52. The molecule has 0 fully saturated rings. The molecule has 0 atom stereocenters. The third kappa shape index (κ3) is 2.40. The summed E-state index contributed by atoms with van der Waals surface area (Å²) < 4.78 is 16.2. The van der Waals surface area contributed by atoms with Gasteiger partial charge in [-0.05, 0) is 18.2 Å². The normalized spacial score (nSPS) is 10.8. The van der Waals surface area contributed by atoms with Gasteiger partial charge in [-0.25, -0.2) is 13.9 Å². The first-order valence-electron chi connectivity index (χ1n) is 6.12. The summed E-state index contributed by atoms with van der Waals surface area (Å²) in [4.78, 5) is 11.4. The van der Waals surface area contributed by atoms with Crippen molar-refractivity contribution in [2.75, 3.05) is 0 Å². The van der Waals surface area contributed by atoms with E-state index < -0.39 is 11.8 Å². The molecule has 0 unspecified atom stereocenters. The lowest BCUT2D eigenvalue weighted by Crippen LogP contribution is -1.96. The van der Waals surface area contributed by atoms with Gasteiger partial charge in [0.05, 0.1) is 11.9 Å². The molecule has 3 aromatic rings. The molecule has 106 valence electrons. The Morgan fingerprint density at radius 3 is 2.76 bits per heavy atom. The molecule has 6 nitrogen and oxygen atoms in total. The van der Waals surface area contributed by atoms with Crippen molar-refractivity contribution in [1.29, 1.82) is 0 Å². The molecule has 0 saturated heterocycles. The SMILES string of the molecule is Cn1cc(-c2nn(-c3cccc(F)c3)cc2C(=O)O)cn1. The smallest absolute Gasteiger partial charge is 0.339 e. The largest absolute Gasteiger partial charge is 0.478 e. The van der Waals surface area contributed by atoms with Gasteiger partial charge in [0.15, 0.2) is 0 Å². The molecular weight excluding hydrogens is 275 g/mol. The first kappa shape index (κ1) is 13.0. The highest BCUT2D eigenvalue weighted by atomic mass is 19.1. The number of aromatic nitrogens is 4. The summed E-state index contributed by atoms with van der Waals surface area (Å²) in [7, 11) is 1.73. The van der Waals surface area contributed by atoms with Crippen molar-refractivity contribution >= 4 is 5.97 Å². The zero-order valence-electron chi connectivity index (χ0n) is 11.1. The number of nitrogens with zero attached hydrogens (tertiary/aromatic N) is 4. The van der Waals surface area contributed by atoms with E-state index in [0.717, 1.165) is 0 Å². The first-order valence-corrected chi connectivity index (χ1v) is 6.12. The van der Waals surface area contributed by atoms with E-state index in [1.54, 1.807) is 24.0 Å². The average molecular weight is 286 g/mol. The monoisotopic (exact) mass is 286 g/mol. The van der Waals surface area contributed by atoms with Crippen molar-refractivity contribution in [3.8, 4) is 16.9 Å². The van der Waals surface area contributed by atoms with Crippen molar-refractivity contribution in [2.45, 2.75) is 0 Å². The summed E-state index contributed by atoms with van der Waals surface area (Å²) in [6, 6.07) is 5.78. The van der Waals surface area contributed by atoms with Crippen LogP contribution in [0.25, 0.3) is 16.9 Å². The molecule has 7 heteroatoms. The predicted octanol–water partition coefficient (Wildman–Crippen LogP) is 2.11. The predicted molar refractivity (Wildman–Crippen MR) is 72.7 cm³/mol. The van der Waals surface area contributed by atoms with Gasteiger partial charge in [0, 0.05) is 25.0 Å². The van der Waals surface area contributed by atoms with Gasteiger partial charge in [0.1, 0.15) is 17.1 Å². The first-order chi connectivity index (χ1) is 10.0. The molecule has 1 aromatic carbocycles. The molecule has 0 aliphatic heterocycles. The van der Waals surface area contributed by atoms with Crippen LogP contribution in [0.4, 0.5) is 4.39 Å². The van der Waals surface area contributed by atoms with E-state index in [1.807, 2.05) is 0 Å². The molecule has 1 N–H and O–H groups in total. The van der Waals surface area contributed by atoms with E-state index in [9.17, 15) is 14.3 Å². The number of carboxylic acid groups (broad SMARTS) is 1. The van der Waals surface area contributed by atoms with Gasteiger partial charge < -0.3 is 5.11 Å². The van der Waals surface area contributed by atoms with Crippen molar-refractivity contribution in [1.82, 2.24) is 19.6 Å². The fourth-order valence-electron chi connectivity index (χ4n) is 2.04. The summed E-state index contributed by atoms with van der Waals surface area (Å²) in [5.74, 6) is -1.51. The topological polar surface area (TPSA) is 72.9 Å². The number of halogens is 1. The Kier molecular flexibility index (Phi) is 3.02. The number of benzene rings is 1. The third-order valence-corrected chi connectivity index (χ3v) is 3.00. The maximum Gasteiger partial charge on any atom is 0.339 e. The van der Waals surface area contributed by atoms with Gasteiger partial charge >= 0.3 is 5.97 Å². The van der Waals surface area contributed by atoms with Gasteiger partial charge in [-0.2, -0.15) is 10.2 Å². The van der Waals surface area contributed by atoms with E-state index >= 15 is 0 Å². The van der Waals surface area contributed by atoms with E-state index in [0.29, 0.717) is 16.9 Å². The fraction of sp³-hybridized carbons (Fsp3) is 0.0714. The highest BCUT2D eigenvalue weighted by molar-refractivity contribution is 5.94. The zero-order valence-corrected chi connectivity index (χ0v) is 11.1. The maximum atomic E-state index is 13.3. The third-order valence-electron chi connectivity index (χ3n) is 3.00. The van der Waals surface area contributed by atoms with Crippen LogP contribution in [0, 0.1) is 5.82 Å². The van der Waals surface area contributed by atoms with Crippen LogP contribution in [0.2, 0.25) is 0 Å². The quantitative estimate of drug-likeness (QED) is 0.800. The lowest BCUT2D eigenvalue weighted by molar-refractivity contribution is 0.0697. The van der Waals surface area contributed by atoms with Crippen LogP contribution < -0.4 is 0 Å². The highest BCUT2D eigenvalue weighted by Gasteiger charge is 2.19. The van der Waals surface area contributed by atoms with Gasteiger partial charge in [0.2, 0.25) is 0 Å².